The Kier molecular flexibility index (Phi) is 5.68. The number of amides is 3. The lowest BCUT2D eigenvalue weighted by atomic mass is 9.85. The highest BCUT2D eigenvalue weighted by Crippen LogP contribution is 2.39. The van der Waals surface area contributed by atoms with Crippen LogP contribution in [0.2, 0.25) is 0 Å². The number of piperidine rings is 1. The Morgan fingerprint density at radius 1 is 1.10 bits per heavy atom. The van der Waals surface area contributed by atoms with Gasteiger partial charge < -0.3 is 9.80 Å². The van der Waals surface area contributed by atoms with Crippen LogP contribution in [0, 0.1) is 19.8 Å². The molecule has 4 rings (SSSR count). The molecule has 2 saturated heterocycles. The van der Waals surface area contributed by atoms with Crippen LogP contribution >= 0.6 is 0 Å². The fraction of sp³-hybridized carbons (Fsp3) is 0.591. The molecule has 31 heavy (non-hydrogen) atoms. The molecule has 0 aliphatic carbocycles. The van der Waals surface area contributed by atoms with Gasteiger partial charge in [0, 0.05) is 43.3 Å². The largest absolute Gasteiger partial charge is 0.356 e. The maximum absolute atomic E-state index is 13.6. The molecule has 1 spiro atoms. The maximum atomic E-state index is 13.6. The Morgan fingerprint density at radius 3 is 2.48 bits per heavy atom. The van der Waals surface area contributed by atoms with Gasteiger partial charge >= 0.3 is 6.03 Å². The van der Waals surface area contributed by atoms with E-state index in [0.717, 1.165) is 17.1 Å². The van der Waals surface area contributed by atoms with Crippen molar-refractivity contribution in [3.05, 3.63) is 36.0 Å². The summed E-state index contributed by atoms with van der Waals surface area (Å²) in [5.74, 6) is 1.13. The van der Waals surface area contributed by atoms with E-state index in [4.69, 9.17) is 0 Å². The Hall–Kier alpha value is -2.97. The number of nitrogens with zero attached hydrogens (tertiary/aromatic N) is 7. The first-order valence-corrected chi connectivity index (χ1v) is 11.0. The van der Waals surface area contributed by atoms with Crippen LogP contribution in [0.1, 0.15) is 37.9 Å². The van der Waals surface area contributed by atoms with Crippen molar-refractivity contribution in [3.63, 3.8) is 0 Å². The monoisotopic (exact) mass is 425 g/mol. The van der Waals surface area contributed by atoms with Crippen LogP contribution in [0.4, 0.5) is 10.6 Å². The molecule has 2 aromatic heterocycles. The average molecular weight is 426 g/mol. The van der Waals surface area contributed by atoms with Gasteiger partial charge in [0.1, 0.15) is 17.7 Å². The number of carbonyl (C=O) groups excluding carboxylic acids is 2. The van der Waals surface area contributed by atoms with E-state index in [1.807, 2.05) is 31.0 Å². The summed E-state index contributed by atoms with van der Waals surface area (Å²) in [6, 6.07) is 1.67. The van der Waals surface area contributed by atoms with E-state index < -0.39 is 5.54 Å². The number of hydrogen-bond donors (Lipinski definition) is 0. The van der Waals surface area contributed by atoms with Crippen LogP contribution in [0.25, 0.3) is 0 Å². The van der Waals surface area contributed by atoms with E-state index in [2.05, 4.69) is 33.8 Å². The summed E-state index contributed by atoms with van der Waals surface area (Å²) in [6.45, 7) is 10.9. The molecule has 2 aliphatic heterocycles. The molecule has 0 N–H and O–H groups in total. The molecular weight excluding hydrogens is 394 g/mol. The number of carbonyl (C=O) groups is 2. The fourth-order valence-corrected chi connectivity index (χ4v) is 4.65. The van der Waals surface area contributed by atoms with Crippen LogP contribution in [0.15, 0.2) is 24.8 Å². The topological polar surface area (TPSA) is 87.5 Å². The van der Waals surface area contributed by atoms with E-state index in [0.29, 0.717) is 45.6 Å². The Bertz CT molecular complexity index is 949. The molecule has 166 valence electrons. The highest BCUT2D eigenvalue weighted by atomic mass is 16.2. The normalized spacial score (nSPS) is 18.7. The van der Waals surface area contributed by atoms with E-state index in [9.17, 15) is 9.59 Å². The summed E-state index contributed by atoms with van der Waals surface area (Å²) in [7, 11) is 0. The van der Waals surface area contributed by atoms with Crippen LogP contribution in [0.5, 0.6) is 0 Å². The van der Waals surface area contributed by atoms with E-state index in [1.54, 1.807) is 17.2 Å². The Balaban J connectivity index is 1.55. The third-order valence-electron chi connectivity index (χ3n) is 6.48. The van der Waals surface area contributed by atoms with Gasteiger partial charge in [-0.25, -0.2) is 14.8 Å². The van der Waals surface area contributed by atoms with Crippen molar-refractivity contribution in [3.8, 4) is 0 Å². The van der Waals surface area contributed by atoms with Crippen molar-refractivity contribution in [1.29, 1.82) is 0 Å². The van der Waals surface area contributed by atoms with Crippen molar-refractivity contribution < 1.29 is 9.59 Å². The van der Waals surface area contributed by atoms with Crippen molar-refractivity contribution >= 4 is 17.8 Å². The highest BCUT2D eigenvalue weighted by Gasteiger charge is 2.57. The summed E-state index contributed by atoms with van der Waals surface area (Å²) >= 11 is 0. The number of rotatable bonds is 6. The predicted octanol–water partition coefficient (Wildman–Crippen LogP) is 2.25. The number of aryl methyl sites for hydroxylation is 1. The minimum atomic E-state index is -0.766. The summed E-state index contributed by atoms with van der Waals surface area (Å²) < 4.78 is 1.75. The quantitative estimate of drug-likeness (QED) is 0.660. The van der Waals surface area contributed by atoms with Crippen molar-refractivity contribution in [1.82, 2.24) is 29.5 Å². The zero-order valence-electron chi connectivity index (χ0n) is 18.8. The maximum Gasteiger partial charge on any atom is 0.327 e. The molecule has 9 heteroatoms. The molecule has 0 aromatic carbocycles. The molecular formula is C22H31N7O2. The first-order chi connectivity index (χ1) is 14.8. The smallest absolute Gasteiger partial charge is 0.327 e. The van der Waals surface area contributed by atoms with Crippen molar-refractivity contribution in [2.24, 2.45) is 5.92 Å². The van der Waals surface area contributed by atoms with Crippen LogP contribution in [-0.2, 0) is 11.3 Å². The van der Waals surface area contributed by atoms with Gasteiger partial charge in [-0.05, 0) is 38.7 Å². The molecule has 0 unspecified atom stereocenters. The lowest BCUT2D eigenvalue weighted by Gasteiger charge is -2.43. The first kappa shape index (κ1) is 21.3. The number of anilines is 1. The molecule has 3 amide bonds. The number of hydrogen-bond acceptors (Lipinski definition) is 6. The predicted molar refractivity (Wildman–Crippen MR) is 117 cm³/mol. The van der Waals surface area contributed by atoms with Gasteiger partial charge in [-0.3, -0.25) is 14.4 Å². The SMILES string of the molecule is Cc1ncnc(N2CCC3(CC2)C(=O)N(CCn2cccn2)C(=O)N3CC(C)C)c1C. The molecule has 2 aliphatic rings. The Morgan fingerprint density at radius 2 is 1.84 bits per heavy atom. The van der Waals surface area contributed by atoms with Gasteiger partial charge in [-0.15, -0.1) is 0 Å². The van der Waals surface area contributed by atoms with Gasteiger partial charge in [-0.1, -0.05) is 13.8 Å². The fourth-order valence-electron chi connectivity index (χ4n) is 4.65. The summed E-state index contributed by atoms with van der Waals surface area (Å²) in [4.78, 5) is 41.1. The third kappa shape index (κ3) is 3.77. The lowest BCUT2D eigenvalue weighted by molar-refractivity contribution is -0.134. The second kappa shape index (κ2) is 8.28. The average Bonchev–Trinajstić information content (AvgIpc) is 3.32. The summed E-state index contributed by atoms with van der Waals surface area (Å²) in [5, 5.41) is 4.19. The molecule has 0 atom stereocenters. The highest BCUT2D eigenvalue weighted by molar-refractivity contribution is 6.07. The van der Waals surface area contributed by atoms with E-state index in [-0.39, 0.29) is 17.9 Å². The van der Waals surface area contributed by atoms with E-state index in [1.165, 1.54) is 4.90 Å². The van der Waals surface area contributed by atoms with Gasteiger partial charge in [0.15, 0.2) is 0 Å². The Labute approximate surface area is 183 Å². The molecule has 0 radical (unpaired) electrons. The van der Waals surface area contributed by atoms with Crippen molar-refractivity contribution in [2.45, 2.75) is 52.6 Å². The molecule has 2 fully saturated rings. The minimum absolute atomic E-state index is 0.0689. The zero-order valence-corrected chi connectivity index (χ0v) is 18.8. The standard InChI is InChI=1S/C22H31N7O2/c1-16(2)14-29-21(31)28(13-12-27-9-5-8-25-27)20(30)22(29)6-10-26(11-7-22)19-17(3)18(4)23-15-24-19/h5,8-9,15-16H,6-7,10-14H2,1-4H3. The zero-order chi connectivity index (χ0) is 22.2. The summed E-state index contributed by atoms with van der Waals surface area (Å²) in [6.07, 6.45) is 6.34. The van der Waals surface area contributed by atoms with Gasteiger partial charge in [0.05, 0.1) is 13.1 Å². The van der Waals surface area contributed by atoms with Crippen molar-refractivity contribution in [2.75, 3.05) is 31.1 Å². The van der Waals surface area contributed by atoms with Gasteiger partial charge in [0.25, 0.3) is 5.91 Å². The van der Waals surface area contributed by atoms with E-state index >= 15 is 0 Å². The summed E-state index contributed by atoms with van der Waals surface area (Å²) in [5.41, 5.74) is 1.26. The second-order valence-electron chi connectivity index (χ2n) is 8.94. The van der Waals surface area contributed by atoms with Crippen LogP contribution in [-0.4, -0.2) is 73.2 Å². The minimum Gasteiger partial charge on any atom is -0.356 e. The molecule has 9 nitrogen and oxygen atoms in total. The lowest BCUT2D eigenvalue weighted by Crippen LogP contribution is -2.57. The molecule has 0 bridgehead atoms. The number of aromatic nitrogens is 4. The molecule has 4 heterocycles. The number of imide groups is 1. The van der Waals surface area contributed by atoms with Crippen LogP contribution < -0.4 is 4.90 Å². The van der Waals surface area contributed by atoms with Gasteiger partial charge in [0.2, 0.25) is 0 Å². The first-order valence-electron chi connectivity index (χ1n) is 11.0. The third-order valence-corrected chi connectivity index (χ3v) is 6.48. The molecule has 0 saturated carbocycles. The molecule has 2 aromatic rings. The van der Waals surface area contributed by atoms with Gasteiger partial charge in [-0.2, -0.15) is 5.10 Å². The van der Waals surface area contributed by atoms with Crippen LogP contribution in [0.3, 0.4) is 0 Å². The second-order valence-corrected chi connectivity index (χ2v) is 8.94. The number of urea groups is 1.